The number of amides is 2. The molecule has 1 saturated carbocycles. The van der Waals surface area contributed by atoms with Crippen LogP contribution in [-0.2, 0) is 6.54 Å². The highest BCUT2D eigenvalue weighted by atomic mass is 35.5. The van der Waals surface area contributed by atoms with Gasteiger partial charge >= 0.3 is 0 Å². The normalized spacial score (nSPS) is 13.7. The Kier molecular flexibility index (Phi) is 5.32. The van der Waals surface area contributed by atoms with Gasteiger partial charge in [0.2, 0.25) is 0 Å². The van der Waals surface area contributed by atoms with Crippen LogP contribution >= 0.6 is 11.6 Å². The zero-order valence-corrected chi connectivity index (χ0v) is 15.9. The average molecular weight is 375 g/mol. The summed E-state index contributed by atoms with van der Waals surface area (Å²) in [6.07, 6.45) is 2.00. The molecular formula is C19H23ClN4O2. The van der Waals surface area contributed by atoms with Gasteiger partial charge in [-0.15, -0.1) is 0 Å². The highest BCUT2D eigenvalue weighted by Crippen LogP contribution is 2.24. The number of nitrogens with one attached hydrogen (secondary N) is 2. The summed E-state index contributed by atoms with van der Waals surface area (Å²) in [6, 6.07) is 6.96. The van der Waals surface area contributed by atoms with Crippen LogP contribution < -0.4 is 10.6 Å². The van der Waals surface area contributed by atoms with Crippen molar-refractivity contribution < 1.29 is 9.59 Å². The van der Waals surface area contributed by atoms with Gasteiger partial charge < -0.3 is 10.6 Å². The summed E-state index contributed by atoms with van der Waals surface area (Å²) in [5.41, 5.74) is 2.26. The molecule has 1 aliphatic rings. The molecule has 0 atom stereocenters. The number of aromatic nitrogens is 2. The van der Waals surface area contributed by atoms with Gasteiger partial charge in [-0.2, -0.15) is 5.10 Å². The van der Waals surface area contributed by atoms with Crippen molar-refractivity contribution in [2.75, 3.05) is 5.32 Å². The number of hydrogen-bond donors (Lipinski definition) is 2. The lowest BCUT2D eigenvalue weighted by Crippen LogP contribution is -2.26. The first-order valence-electron chi connectivity index (χ1n) is 8.88. The summed E-state index contributed by atoms with van der Waals surface area (Å²) >= 11 is 6.15. The van der Waals surface area contributed by atoms with Crippen LogP contribution in [0.3, 0.4) is 0 Å². The fourth-order valence-electron chi connectivity index (χ4n) is 2.61. The van der Waals surface area contributed by atoms with Gasteiger partial charge in [-0.3, -0.25) is 14.3 Å². The Morgan fingerprint density at radius 1 is 1.27 bits per heavy atom. The maximum atomic E-state index is 12.7. The van der Waals surface area contributed by atoms with Crippen LogP contribution in [-0.4, -0.2) is 27.6 Å². The molecule has 2 aromatic rings. The van der Waals surface area contributed by atoms with E-state index in [0.29, 0.717) is 28.5 Å². The largest absolute Gasteiger partial charge is 0.349 e. The van der Waals surface area contributed by atoms with E-state index in [0.717, 1.165) is 18.5 Å². The molecule has 0 aliphatic heterocycles. The van der Waals surface area contributed by atoms with E-state index in [4.69, 9.17) is 11.6 Å². The molecule has 0 saturated heterocycles. The Hall–Kier alpha value is -2.34. The minimum absolute atomic E-state index is 0.214. The second-order valence-corrected chi connectivity index (χ2v) is 7.23. The van der Waals surface area contributed by atoms with Crippen molar-refractivity contribution in [2.24, 2.45) is 0 Å². The number of aryl methyl sites for hydroxylation is 1. The van der Waals surface area contributed by atoms with E-state index in [-0.39, 0.29) is 23.8 Å². The van der Waals surface area contributed by atoms with Crippen LogP contribution in [0.15, 0.2) is 24.3 Å². The van der Waals surface area contributed by atoms with Crippen LogP contribution in [0, 0.1) is 0 Å². The van der Waals surface area contributed by atoms with Gasteiger partial charge in [0.05, 0.1) is 16.3 Å². The molecule has 6 nitrogen and oxygen atoms in total. The van der Waals surface area contributed by atoms with E-state index in [1.54, 1.807) is 28.9 Å². The topological polar surface area (TPSA) is 76.0 Å². The van der Waals surface area contributed by atoms with Gasteiger partial charge in [-0.1, -0.05) is 25.4 Å². The lowest BCUT2D eigenvalue weighted by Gasteiger charge is -2.10. The van der Waals surface area contributed by atoms with Gasteiger partial charge in [0.15, 0.2) is 0 Å². The SMILES string of the molecule is CCn1nc(C(C)C)cc1C(=O)Nc1ccc(Cl)c(C(=O)NC2CC2)c1. The van der Waals surface area contributed by atoms with E-state index in [1.165, 1.54) is 0 Å². The van der Waals surface area contributed by atoms with Gasteiger partial charge in [-0.25, -0.2) is 0 Å². The van der Waals surface area contributed by atoms with E-state index < -0.39 is 0 Å². The minimum Gasteiger partial charge on any atom is -0.349 e. The third-order valence-corrected chi connectivity index (χ3v) is 4.63. The van der Waals surface area contributed by atoms with E-state index in [2.05, 4.69) is 15.7 Å². The lowest BCUT2D eigenvalue weighted by molar-refractivity contribution is 0.0949. The zero-order valence-electron chi connectivity index (χ0n) is 15.2. The first-order valence-corrected chi connectivity index (χ1v) is 9.26. The van der Waals surface area contributed by atoms with Crippen molar-refractivity contribution in [3.63, 3.8) is 0 Å². The summed E-state index contributed by atoms with van der Waals surface area (Å²) in [7, 11) is 0. The number of hydrogen-bond acceptors (Lipinski definition) is 3. The maximum Gasteiger partial charge on any atom is 0.273 e. The fourth-order valence-corrected chi connectivity index (χ4v) is 2.81. The highest BCUT2D eigenvalue weighted by molar-refractivity contribution is 6.34. The predicted molar refractivity (Wildman–Crippen MR) is 102 cm³/mol. The number of benzene rings is 1. The molecule has 3 rings (SSSR count). The van der Waals surface area contributed by atoms with Crippen LogP contribution in [0.25, 0.3) is 0 Å². The lowest BCUT2D eigenvalue weighted by atomic mass is 10.1. The van der Waals surface area contributed by atoms with Crippen LogP contribution in [0.1, 0.15) is 66.1 Å². The van der Waals surface area contributed by atoms with Crippen molar-refractivity contribution in [1.29, 1.82) is 0 Å². The molecule has 2 N–H and O–H groups in total. The monoisotopic (exact) mass is 374 g/mol. The summed E-state index contributed by atoms with van der Waals surface area (Å²) < 4.78 is 1.68. The third-order valence-electron chi connectivity index (χ3n) is 4.30. The first kappa shape index (κ1) is 18.5. The predicted octanol–water partition coefficient (Wildman–Crippen LogP) is 3.82. The quantitative estimate of drug-likeness (QED) is 0.806. The van der Waals surface area contributed by atoms with E-state index in [9.17, 15) is 9.59 Å². The minimum atomic E-state index is -0.262. The molecule has 138 valence electrons. The number of halogens is 1. The van der Waals surface area contributed by atoms with Gasteiger partial charge in [0.1, 0.15) is 5.69 Å². The molecule has 0 bridgehead atoms. The van der Waals surface area contributed by atoms with Crippen molar-refractivity contribution in [2.45, 2.75) is 52.1 Å². The first-order chi connectivity index (χ1) is 12.4. The smallest absolute Gasteiger partial charge is 0.273 e. The van der Waals surface area contributed by atoms with Crippen LogP contribution in [0.2, 0.25) is 5.02 Å². The van der Waals surface area contributed by atoms with Gasteiger partial charge in [0, 0.05) is 18.3 Å². The van der Waals surface area contributed by atoms with E-state index in [1.807, 2.05) is 20.8 Å². The molecule has 0 radical (unpaired) electrons. The summed E-state index contributed by atoms with van der Waals surface area (Å²) in [5, 5.41) is 10.6. The highest BCUT2D eigenvalue weighted by Gasteiger charge is 2.25. The summed E-state index contributed by atoms with van der Waals surface area (Å²) in [4.78, 5) is 25.0. The van der Waals surface area contributed by atoms with Gasteiger partial charge in [0.25, 0.3) is 11.8 Å². The summed E-state index contributed by atoms with van der Waals surface area (Å²) in [6.45, 7) is 6.61. The Labute approximate surface area is 157 Å². The summed E-state index contributed by atoms with van der Waals surface area (Å²) in [5.74, 6) is -0.237. The molecule has 1 aliphatic carbocycles. The second kappa shape index (κ2) is 7.50. The maximum absolute atomic E-state index is 12.7. The molecular weight excluding hydrogens is 352 g/mol. The second-order valence-electron chi connectivity index (χ2n) is 6.82. The molecule has 2 amide bonds. The Morgan fingerprint density at radius 3 is 2.62 bits per heavy atom. The molecule has 1 aromatic heterocycles. The van der Waals surface area contributed by atoms with Crippen molar-refractivity contribution >= 4 is 29.1 Å². The molecule has 1 fully saturated rings. The van der Waals surface area contributed by atoms with Crippen molar-refractivity contribution in [3.8, 4) is 0 Å². The van der Waals surface area contributed by atoms with Crippen molar-refractivity contribution in [1.82, 2.24) is 15.1 Å². The van der Waals surface area contributed by atoms with Crippen LogP contribution in [0.4, 0.5) is 5.69 Å². The third kappa shape index (κ3) is 4.07. The molecule has 0 unspecified atom stereocenters. The number of carbonyl (C=O) groups excluding carboxylic acids is 2. The zero-order chi connectivity index (χ0) is 18.8. The van der Waals surface area contributed by atoms with Crippen LogP contribution in [0.5, 0.6) is 0 Å². The standard InChI is InChI=1S/C19H23ClN4O2/c1-4-24-17(10-16(23-24)11(2)3)19(26)22-13-7-8-15(20)14(9-13)18(25)21-12-5-6-12/h7-12H,4-6H2,1-3H3,(H,21,25)(H,22,26). The Balaban J connectivity index is 1.80. The number of anilines is 1. The molecule has 1 aromatic carbocycles. The Morgan fingerprint density at radius 2 is 2.00 bits per heavy atom. The number of nitrogens with zero attached hydrogens (tertiary/aromatic N) is 2. The number of carbonyl (C=O) groups is 2. The van der Waals surface area contributed by atoms with Gasteiger partial charge in [-0.05, 0) is 49.9 Å². The van der Waals surface area contributed by atoms with Crippen molar-refractivity contribution in [3.05, 3.63) is 46.2 Å². The average Bonchev–Trinajstić information content (AvgIpc) is 3.30. The number of rotatable bonds is 6. The molecule has 26 heavy (non-hydrogen) atoms. The molecule has 1 heterocycles. The fraction of sp³-hybridized carbons (Fsp3) is 0.421. The van der Waals surface area contributed by atoms with E-state index >= 15 is 0 Å². The Bertz CT molecular complexity index is 840. The molecule has 0 spiro atoms. The molecule has 7 heteroatoms.